The Labute approximate surface area is 98.6 Å². The Balaban J connectivity index is 1.79. The summed E-state index contributed by atoms with van der Waals surface area (Å²) >= 11 is 0. The topological polar surface area (TPSA) is 41.5 Å². The highest BCUT2D eigenvalue weighted by Crippen LogP contribution is 2.25. The van der Waals surface area contributed by atoms with Crippen molar-refractivity contribution in [1.82, 2.24) is 5.32 Å². The zero-order valence-electron chi connectivity index (χ0n) is 10.4. The molecule has 0 bridgehead atoms. The molecular weight excluding hydrogens is 202 g/mol. The van der Waals surface area contributed by atoms with Crippen molar-refractivity contribution in [3.63, 3.8) is 0 Å². The maximum absolute atomic E-state index is 10.0. The number of ether oxygens (including phenoxy) is 1. The molecule has 1 saturated heterocycles. The van der Waals surface area contributed by atoms with Gasteiger partial charge in [0.1, 0.15) is 0 Å². The average Bonchev–Trinajstić information content (AvgIpc) is 2.58. The molecule has 3 heteroatoms. The first-order valence-corrected chi connectivity index (χ1v) is 6.75. The normalized spacial score (nSPS) is 40.9. The molecular formula is C13H25NO2. The minimum absolute atomic E-state index is 0.00598. The van der Waals surface area contributed by atoms with Gasteiger partial charge in [0, 0.05) is 19.2 Å². The lowest BCUT2D eigenvalue weighted by Crippen LogP contribution is -2.46. The fraction of sp³-hybridized carbons (Fsp3) is 1.00. The first kappa shape index (κ1) is 12.3. The van der Waals surface area contributed by atoms with Gasteiger partial charge in [-0.3, -0.25) is 0 Å². The molecule has 1 heterocycles. The highest BCUT2D eigenvalue weighted by atomic mass is 16.5. The Hall–Kier alpha value is -0.120. The Morgan fingerprint density at radius 3 is 2.81 bits per heavy atom. The number of hydrogen-bond acceptors (Lipinski definition) is 3. The van der Waals surface area contributed by atoms with Gasteiger partial charge in [0.25, 0.3) is 0 Å². The lowest BCUT2D eigenvalue weighted by molar-refractivity contribution is 0.0125. The van der Waals surface area contributed by atoms with Crippen molar-refractivity contribution < 1.29 is 9.84 Å². The van der Waals surface area contributed by atoms with E-state index >= 15 is 0 Å². The van der Waals surface area contributed by atoms with Gasteiger partial charge in [0.2, 0.25) is 0 Å². The smallest absolute Gasteiger partial charge is 0.0779 e. The van der Waals surface area contributed by atoms with Gasteiger partial charge >= 0.3 is 0 Å². The third kappa shape index (κ3) is 3.19. The predicted octanol–water partition coefficient (Wildman–Crippen LogP) is 1.84. The molecule has 3 nitrogen and oxygen atoms in total. The molecule has 3 atom stereocenters. The van der Waals surface area contributed by atoms with Crippen LogP contribution in [-0.4, -0.2) is 36.0 Å². The van der Waals surface area contributed by atoms with Crippen molar-refractivity contribution in [3.05, 3.63) is 0 Å². The average molecular weight is 227 g/mol. The summed E-state index contributed by atoms with van der Waals surface area (Å²) in [4.78, 5) is 0. The summed E-state index contributed by atoms with van der Waals surface area (Å²) in [6, 6.07) is 0.281. The zero-order chi connectivity index (χ0) is 11.4. The van der Waals surface area contributed by atoms with E-state index < -0.39 is 0 Å². The van der Waals surface area contributed by atoms with Crippen LogP contribution in [0.4, 0.5) is 0 Å². The molecule has 2 fully saturated rings. The molecule has 1 aliphatic heterocycles. The van der Waals surface area contributed by atoms with Crippen molar-refractivity contribution in [2.45, 2.75) is 69.6 Å². The Morgan fingerprint density at radius 2 is 2.06 bits per heavy atom. The van der Waals surface area contributed by atoms with Gasteiger partial charge in [-0.25, -0.2) is 0 Å². The lowest BCUT2D eigenvalue weighted by Gasteiger charge is -2.29. The summed E-state index contributed by atoms with van der Waals surface area (Å²) in [5, 5.41) is 13.5. The largest absolute Gasteiger partial charge is 0.392 e. The van der Waals surface area contributed by atoms with Crippen LogP contribution < -0.4 is 5.32 Å². The highest BCUT2D eigenvalue weighted by molar-refractivity contribution is 4.86. The van der Waals surface area contributed by atoms with Crippen LogP contribution in [0.5, 0.6) is 0 Å². The molecule has 2 N–H and O–H groups in total. The summed E-state index contributed by atoms with van der Waals surface area (Å²) in [7, 11) is 0. The monoisotopic (exact) mass is 227 g/mol. The van der Waals surface area contributed by atoms with Crippen molar-refractivity contribution in [3.8, 4) is 0 Å². The molecule has 0 aromatic heterocycles. The Kier molecular flexibility index (Phi) is 4.22. The van der Waals surface area contributed by atoms with Gasteiger partial charge in [-0.15, -0.1) is 0 Å². The fourth-order valence-electron chi connectivity index (χ4n) is 2.85. The molecule has 16 heavy (non-hydrogen) atoms. The van der Waals surface area contributed by atoms with E-state index in [0.717, 1.165) is 32.4 Å². The van der Waals surface area contributed by atoms with Gasteiger partial charge in [0.05, 0.1) is 11.7 Å². The van der Waals surface area contributed by atoms with E-state index in [9.17, 15) is 5.11 Å². The van der Waals surface area contributed by atoms with Crippen LogP contribution in [0.25, 0.3) is 0 Å². The van der Waals surface area contributed by atoms with Crippen molar-refractivity contribution in [2.24, 2.45) is 0 Å². The zero-order valence-corrected chi connectivity index (χ0v) is 10.4. The lowest BCUT2D eigenvalue weighted by atomic mass is 10.0. The fourth-order valence-corrected chi connectivity index (χ4v) is 2.85. The van der Waals surface area contributed by atoms with Crippen LogP contribution in [0.1, 0.15) is 51.9 Å². The summed E-state index contributed by atoms with van der Waals surface area (Å²) < 4.78 is 5.75. The van der Waals surface area contributed by atoms with E-state index in [-0.39, 0.29) is 17.7 Å². The maximum atomic E-state index is 10.0. The summed E-state index contributed by atoms with van der Waals surface area (Å²) in [6.07, 6.45) is 7.90. The predicted molar refractivity (Wildman–Crippen MR) is 64.5 cm³/mol. The molecule has 0 amide bonds. The SMILES string of the molecule is CC1(CNC2CCCCCC2O)CCCO1. The van der Waals surface area contributed by atoms with E-state index in [0.29, 0.717) is 0 Å². The van der Waals surface area contributed by atoms with Crippen LogP contribution in [0.2, 0.25) is 0 Å². The molecule has 2 aliphatic rings. The first-order valence-electron chi connectivity index (χ1n) is 6.75. The third-order valence-electron chi connectivity index (χ3n) is 4.02. The highest BCUT2D eigenvalue weighted by Gasteiger charge is 2.31. The van der Waals surface area contributed by atoms with E-state index in [1.807, 2.05) is 0 Å². The summed E-state index contributed by atoms with van der Waals surface area (Å²) in [6.45, 7) is 3.95. The number of nitrogens with one attached hydrogen (secondary N) is 1. The molecule has 1 saturated carbocycles. The molecule has 2 rings (SSSR count). The second kappa shape index (κ2) is 5.48. The van der Waals surface area contributed by atoms with Gasteiger partial charge in [-0.2, -0.15) is 0 Å². The van der Waals surface area contributed by atoms with Gasteiger partial charge in [-0.1, -0.05) is 19.3 Å². The van der Waals surface area contributed by atoms with Crippen LogP contribution in [-0.2, 0) is 4.74 Å². The second-order valence-electron chi connectivity index (χ2n) is 5.59. The van der Waals surface area contributed by atoms with E-state index in [1.165, 1.54) is 25.7 Å². The van der Waals surface area contributed by atoms with Crippen LogP contribution >= 0.6 is 0 Å². The second-order valence-corrected chi connectivity index (χ2v) is 5.59. The van der Waals surface area contributed by atoms with Crippen LogP contribution in [0.3, 0.4) is 0 Å². The molecule has 3 unspecified atom stereocenters. The standard InChI is InChI=1S/C13H25NO2/c1-13(8-5-9-16-13)10-14-11-6-3-2-4-7-12(11)15/h11-12,14-15H,2-10H2,1H3. The number of rotatable bonds is 3. The van der Waals surface area contributed by atoms with E-state index in [1.54, 1.807) is 0 Å². The Bertz CT molecular complexity index is 214. The molecule has 0 radical (unpaired) electrons. The van der Waals surface area contributed by atoms with E-state index in [2.05, 4.69) is 12.2 Å². The van der Waals surface area contributed by atoms with Crippen LogP contribution in [0.15, 0.2) is 0 Å². The first-order chi connectivity index (χ1) is 7.70. The molecule has 94 valence electrons. The third-order valence-corrected chi connectivity index (χ3v) is 4.02. The van der Waals surface area contributed by atoms with Crippen molar-refractivity contribution in [2.75, 3.05) is 13.2 Å². The maximum Gasteiger partial charge on any atom is 0.0779 e. The van der Waals surface area contributed by atoms with E-state index in [4.69, 9.17) is 4.74 Å². The van der Waals surface area contributed by atoms with Gasteiger partial charge < -0.3 is 15.2 Å². The van der Waals surface area contributed by atoms with Crippen LogP contribution in [0, 0.1) is 0 Å². The van der Waals surface area contributed by atoms with Crippen molar-refractivity contribution in [1.29, 1.82) is 0 Å². The minimum Gasteiger partial charge on any atom is -0.392 e. The Morgan fingerprint density at radius 1 is 1.25 bits per heavy atom. The number of hydrogen-bond donors (Lipinski definition) is 2. The summed E-state index contributed by atoms with van der Waals surface area (Å²) in [5.41, 5.74) is 0.00598. The van der Waals surface area contributed by atoms with Gasteiger partial charge in [-0.05, 0) is 32.6 Å². The molecule has 0 aromatic carbocycles. The molecule has 0 spiro atoms. The summed E-state index contributed by atoms with van der Waals surface area (Å²) in [5.74, 6) is 0. The quantitative estimate of drug-likeness (QED) is 0.723. The number of aliphatic hydroxyl groups is 1. The molecule has 0 aromatic rings. The van der Waals surface area contributed by atoms with Crippen molar-refractivity contribution >= 4 is 0 Å². The molecule has 1 aliphatic carbocycles. The number of aliphatic hydroxyl groups excluding tert-OH is 1. The van der Waals surface area contributed by atoms with Gasteiger partial charge in [0.15, 0.2) is 0 Å². The minimum atomic E-state index is -0.160.